The van der Waals surface area contributed by atoms with Crippen molar-refractivity contribution >= 4 is 15.7 Å². The van der Waals surface area contributed by atoms with Gasteiger partial charge in [0.2, 0.25) is 0 Å². The van der Waals surface area contributed by atoms with Gasteiger partial charge in [0.25, 0.3) is 0 Å². The second-order valence-corrected chi connectivity index (χ2v) is 6.98. The van der Waals surface area contributed by atoms with Crippen molar-refractivity contribution in [3.8, 4) is 0 Å². The Kier molecular flexibility index (Phi) is 2.56. The van der Waals surface area contributed by atoms with Crippen molar-refractivity contribution in [3.63, 3.8) is 0 Å². The van der Waals surface area contributed by atoms with Crippen molar-refractivity contribution in [2.75, 3.05) is 0 Å². The first-order valence-electron chi connectivity index (χ1n) is 6.35. The number of rotatable bonds is 1. The third kappa shape index (κ3) is 1.78. The second-order valence-electron chi connectivity index (χ2n) is 6.98. The molecule has 2 fully saturated rings. The van der Waals surface area contributed by atoms with Gasteiger partial charge in [-0.15, -0.1) is 0 Å². The smallest absolute Gasteiger partial charge is 0.0631 e. The highest BCUT2D eigenvalue weighted by Crippen LogP contribution is 2.62. The third-order valence-corrected chi connectivity index (χ3v) is 5.09. The van der Waals surface area contributed by atoms with Gasteiger partial charge in [0.05, 0.1) is 15.7 Å². The van der Waals surface area contributed by atoms with E-state index in [1.807, 2.05) is 0 Å². The lowest BCUT2D eigenvalue weighted by Crippen LogP contribution is -2.37. The molecule has 1 unspecified atom stereocenters. The van der Waals surface area contributed by atoms with Crippen molar-refractivity contribution in [1.82, 2.24) is 0 Å². The Morgan fingerprint density at radius 3 is 2.00 bits per heavy atom. The fourth-order valence-corrected chi connectivity index (χ4v) is 3.36. The minimum atomic E-state index is -0.494. The van der Waals surface area contributed by atoms with Gasteiger partial charge in [-0.2, -0.15) is 0 Å². The Labute approximate surface area is 97.4 Å². The molecule has 0 aromatic rings. The molecule has 15 heavy (non-hydrogen) atoms. The van der Waals surface area contributed by atoms with E-state index in [4.69, 9.17) is 15.7 Å². The van der Waals surface area contributed by atoms with Crippen LogP contribution in [0, 0.1) is 16.7 Å². The summed E-state index contributed by atoms with van der Waals surface area (Å²) in [4.78, 5) is 0. The number of hydrogen-bond donors (Lipinski definition) is 0. The zero-order valence-corrected chi connectivity index (χ0v) is 10.5. The molecule has 2 saturated carbocycles. The van der Waals surface area contributed by atoms with E-state index in [-0.39, 0.29) is 5.41 Å². The lowest BCUT2D eigenvalue weighted by atomic mass is 9.38. The molecular weight excluding hydrogens is 178 g/mol. The molecule has 0 amide bonds. The summed E-state index contributed by atoms with van der Waals surface area (Å²) < 4.78 is 0. The monoisotopic (exact) mass is 200 g/mol. The van der Waals surface area contributed by atoms with Gasteiger partial charge in [0.15, 0.2) is 0 Å². The highest BCUT2D eigenvalue weighted by Gasteiger charge is 2.49. The minimum Gasteiger partial charge on any atom is -0.0916 e. The summed E-state index contributed by atoms with van der Waals surface area (Å²) in [6.45, 7) is 6.50. The van der Waals surface area contributed by atoms with Gasteiger partial charge in [-0.05, 0) is 36.5 Å². The van der Waals surface area contributed by atoms with Crippen molar-refractivity contribution in [3.05, 3.63) is 0 Å². The lowest BCUT2D eigenvalue weighted by Gasteiger charge is -2.47. The molecular formula is C13H22B2. The molecule has 0 nitrogen and oxygen atoms in total. The van der Waals surface area contributed by atoms with Crippen LogP contribution < -0.4 is 0 Å². The van der Waals surface area contributed by atoms with Gasteiger partial charge in [-0.3, -0.25) is 0 Å². The molecule has 0 aliphatic heterocycles. The Morgan fingerprint density at radius 1 is 1.07 bits per heavy atom. The topological polar surface area (TPSA) is 0 Å². The van der Waals surface area contributed by atoms with Gasteiger partial charge in [-0.1, -0.05) is 44.7 Å². The van der Waals surface area contributed by atoms with Gasteiger partial charge < -0.3 is 0 Å². The molecule has 1 spiro atoms. The van der Waals surface area contributed by atoms with E-state index >= 15 is 0 Å². The SMILES string of the molecule is [B]C([B])(C1CCC2(CCC2)C1)C(C)(C)C. The van der Waals surface area contributed by atoms with Crippen LogP contribution in [0.4, 0.5) is 0 Å². The van der Waals surface area contributed by atoms with Crippen LogP contribution in [0.5, 0.6) is 0 Å². The van der Waals surface area contributed by atoms with Crippen LogP contribution in [0.3, 0.4) is 0 Å². The van der Waals surface area contributed by atoms with Crippen LogP contribution in [-0.2, 0) is 0 Å². The van der Waals surface area contributed by atoms with Crippen LogP contribution in [0.15, 0.2) is 0 Å². The largest absolute Gasteiger partial charge is 0.0916 e. The predicted molar refractivity (Wildman–Crippen MR) is 67.3 cm³/mol. The fourth-order valence-electron chi connectivity index (χ4n) is 3.36. The molecule has 2 heteroatoms. The first-order valence-corrected chi connectivity index (χ1v) is 6.35. The molecule has 0 saturated heterocycles. The van der Waals surface area contributed by atoms with Crippen molar-refractivity contribution in [2.45, 2.75) is 64.5 Å². The summed E-state index contributed by atoms with van der Waals surface area (Å²) in [5.74, 6) is 0.526. The molecule has 0 bridgehead atoms. The average molecular weight is 200 g/mol. The molecule has 2 aliphatic rings. The lowest BCUT2D eigenvalue weighted by molar-refractivity contribution is 0.127. The van der Waals surface area contributed by atoms with Gasteiger partial charge in [-0.25, -0.2) is 0 Å². The molecule has 80 valence electrons. The molecule has 2 rings (SSSR count). The maximum atomic E-state index is 6.38. The Bertz CT molecular complexity index is 246. The van der Waals surface area contributed by atoms with Gasteiger partial charge >= 0.3 is 0 Å². The quantitative estimate of drug-likeness (QED) is 0.568. The molecule has 4 radical (unpaired) electrons. The molecule has 1 atom stereocenters. The molecule has 0 aromatic heterocycles. The third-order valence-electron chi connectivity index (χ3n) is 5.09. The molecule has 0 aromatic carbocycles. The van der Waals surface area contributed by atoms with Crippen molar-refractivity contribution in [2.24, 2.45) is 16.7 Å². The Hall–Kier alpha value is 0.130. The predicted octanol–water partition coefficient (Wildman–Crippen LogP) is 3.46. The highest BCUT2D eigenvalue weighted by molar-refractivity contribution is 6.40. The first-order chi connectivity index (χ1) is 6.77. The van der Waals surface area contributed by atoms with Gasteiger partial charge in [0.1, 0.15) is 0 Å². The van der Waals surface area contributed by atoms with E-state index < -0.39 is 5.21 Å². The summed E-state index contributed by atoms with van der Waals surface area (Å²) in [7, 11) is 12.8. The zero-order chi connectivity index (χ0) is 11.3. The fraction of sp³-hybridized carbons (Fsp3) is 1.00. The van der Waals surface area contributed by atoms with E-state index in [0.29, 0.717) is 11.3 Å². The van der Waals surface area contributed by atoms with Crippen molar-refractivity contribution < 1.29 is 0 Å². The second kappa shape index (κ2) is 3.31. The van der Waals surface area contributed by atoms with E-state index in [9.17, 15) is 0 Å². The van der Waals surface area contributed by atoms with Crippen LogP contribution >= 0.6 is 0 Å². The van der Waals surface area contributed by atoms with E-state index in [1.165, 1.54) is 38.5 Å². The van der Waals surface area contributed by atoms with Crippen LogP contribution in [-0.4, -0.2) is 15.7 Å². The van der Waals surface area contributed by atoms with E-state index in [0.717, 1.165) is 0 Å². The minimum absolute atomic E-state index is 0.00689. The summed E-state index contributed by atoms with van der Waals surface area (Å²) in [5, 5.41) is -0.494. The molecule has 0 heterocycles. The average Bonchev–Trinajstić information content (AvgIpc) is 2.44. The Morgan fingerprint density at radius 2 is 1.67 bits per heavy atom. The summed E-state index contributed by atoms with van der Waals surface area (Å²) in [5.41, 5.74) is 0.660. The molecule has 2 aliphatic carbocycles. The van der Waals surface area contributed by atoms with Crippen molar-refractivity contribution in [1.29, 1.82) is 0 Å². The highest BCUT2D eigenvalue weighted by atomic mass is 14.5. The maximum absolute atomic E-state index is 6.38. The molecule has 0 N–H and O–H groups in total. The van der Waals surface area contributed by atoms with E-state index in [2.05, 4.69) is 20.8 Å². The summed E-state index contributed by atoms with van der Waals surface area (Å²) in [6.07, 6.45) is 8.14. The van der Waals surface area contributed by atoms with Crippen LogP contribution in [0.1, 0.15) is 59.3 Å². The van der Waals surface area contributed by atoms with E-state index in [1.54, 1.807) is 0 Å². The van der Waals surface area contributed by atoms with Crippen LogP contribution in [0.2, 0.25) is 5.21 Å². The van der Waals surface area contributed by atoms with Crippen LogP contribution in [0.25, 0.3) is 0 Å². The summed E-state index contributed by atoms with van der Waals surface area (Å²) in [6, 6.07) is 0. The maximum Gasteiger partial charge on any atom is 0.0631 e. The van der Waals surface area contributed by atoms with Gasteiger partial charge in [0, 0.05) is 0 Å². The number of hydrogen-bond acceptors (Lipinski definition) is 0. The Balaban J connectivity index is 2.07. The first kappa shape index (κ1) is 11.6. The normalized spacial score (nSPS) is 30.5. The standard InChI is InChI=1S/C13H22B2/c1-11(2,3)13(14,15)10-5-8-12(9-10)6-4-7-12/h10H,4-9H2,1-3H3. The summed E-state index contributed by atoms with van der Waals surface area (Å²) >= 11 is 0. The zero-order valence-electron chi connectivity index (χ0n) is 10.5.